The molecule has 2 aromatic rings. The van der Waals surface area contributed by atoms with Crippen molar-refractivity contribution in [3.05, 3.63) is 58.8 Å². The smallest absolute Gasteiger partial charge is 0.250 e. The first-order valence-corrected chi connectivity index (χ1v) is 7.26. The van der Waals surface area contributed by atoms with E-state index in [9.17, 15) is 4.79 Å². The maximum Gasteiger partial charge on any atom is 0.250 e. The summed E-state index contributed by atoms with van der Waals surface area (Å²) in [4.78, 5) is 11.6. The summed E-state index contributed by atoms with van der Waals surface area (Å²) in [7, 11) is 2.03. The Morgan fingerprint density at radius 2 is 2.10 bits per heavy atom. The Hall–Kier alpha value is -1.81. The Balaban J connectivity index is 1.65. The molecule has 0 spiro atoms. The van der Waals surface area contributed by atoms with Gasteiger partial charge in [-0.3, -0.25) is 4.79 Å². The monoisotopic (exact) mass is 271 g/mol. The summed E-state index contributed by atoms with van der Waals surface area (Å²) in [6, 6.07) is 7.95. The van der Waals surface area contributed by atoms with Crippen molar-refractivity contribution in [3.63, 3.8) is 0 Å². The van der Waals surface area contributed by atoms with Gasteiger partial charge in [0.1, 0.15) is 0 Å². The van der Waals surface area contributed by atoms with E-state index < -0.39 is 0 Å². The number of hydrogen-bond acceptors (Lipinski definition) is 2. The Bertz CT molecular complexity index is 624. The van der Waals surface area contributed by atoms with Crippen LogP contribution in [0.15, 0.2) is 47.7 Å². The molecular formula is C16H21N3O. The Kier molecular flexibility index (Phi) is 3.74. The quantitative estimate of drug-likeness (QED) is 0.873. The van der Waals surface area contributed by atoms with Gasteiger partial charge in [-0.15, -0.1) is 0 Å². The number of hydrogen-bond donors (Lipinski definition) is 1. The number of pyridine rings is 1. The average molecular weight is 271 g/mol. The molecule has 0 radical (unpaired) electrons. The summed E-state index contributed by atoms with van der Waals surface area (Å²) in [5.41, 5.74) is 1.42. The lowest BCUT2D eigenvalue weighted by molar-refractivity contribution is 0.523. The van der Waals surface area contributed by atoms with Crippen LogP contribution >= 0.6 is 0 Å². The van der Waals surface area contributed by atoms with Gasteiger partial charge in [0.05, 0.1) is 0 Å². The third-order valence-corrected chi connectivity index (χ3v) is 4.03. The molecule has 1 aliphatic rings. The van der Waals surface area contributed by atoms with E-state index in [1.807, 2.05) is 19.3 Å². The van der Waals surface area contributed by atoms with Crippen molar-refractivity contribution in [2.24, 2.45) is 5.92 Å². The van der Waals surface area contributed by atoms with Crippen LogP contribution in [0.25, 0.3) is 0 Å². The predicted octanol–water partition coefficient (Wildman–Crippen LogP) is 2.02. The molecule has 0 amide bonds. The van der Waals surface area contributed by atoms with Crippen LogP contribution in [0.3, 0.4) is 0 Å². The predicted molar refractivity (Wildman–Crippen MR) is 79.7 cm³/mol. The number of aryl methyl sites for hydroxylation is 2. The summed E-state index contributed by atoms with van der Waals surface area (Å²) >= 11 is 0. The van der Waals surface area contributed by atoms with Gasteiger partial charge in [0, 0.05) is 43.8 Å². The fraction of sp³-hybridized carbons (Fsp3) is 0.438. The lowest BCUT2D eigenvalue weighted by Crippen LogP contribution is -2.20. The molecule has 4 nitrogen and oxygen atoms in total. The molecule has 20 heavy (non-hydrogen) atoms. The van der Waals surface area contributed by atoms with Crippen molar-refractivity contribution in [2.75, 3.05) is 7.05 Å². The highest BCUT2D eigenvalue weighted by atomic mass is 16.1. The van der Waals surface area contributed by atoms with Crippen LogP contribution in [0.5, 0.6) is 0 Å². The molecule has 2 heterocycles. The molecule has 1 N–H and O–H groups in total. The van der Waals surface area contributed by atoms with Crippen molar-refractivity contribution in [1.82, 2.24) is 14.5 Å². The van der Waals surface area contributed by atoms with Crippen LogP contribution in [-0.2, 0) is 13.1 Å². The SMILES string of the molecule is CNC(c1ccn(CCn2ccccc2=O)c1)C1CC1. The highest BCUT2D eigenvalue weighted by Crippen LogP contribution is 2.40. The van der Waals surface area contributed by atoms with E-state index in [1.165, 1.54) is 18.4 Å². The van der Waals surface area contributed by atoms with Crippen molar-refractivity contribution in [1.29, 1.82) is 0 Å². The molecule has 1 atom stereocenters. The minimum atomic E-state index is 0.0611. The van der Waals surface area contributed by atoms with Gasteiger partial charge in [0.25, 0.3) is 5.56 Å². The normalized spacial score (nSPS) is 16.2. The number of aromatic nitrogens is 2. The molecule has 4 heteroatoms. The first-order valence-electron chi connectivity index (χ1n) is 7.26. The topological polar surface area (TPSA) is 39.0 Å². The van der Waals surface area contributed by atoms with Gasteiger partial charge >= 0.3 is 0 Å². The van der Waals surface area contributed by atoms with E-state index in [-0.39, 0.29) is 5.56 Å². The molecule has 0 aromatic carbocycles. The summed E-state index contributed by atoms with van der Waals surface area (Å²) in [6.07, 6.45) is 8.81. The van der Waals surface area contributed by atoms with Crippen molar-refractivity contribution >= 4 is 0 Å². The zero-order valence-corrected chi connectivity index (χ0v) is 11.8. The summed E-state index contributed by atoms with van der Waals surface area (Å²) in [5.74, 6) is 0.799. The Morgan fingerprint density at radius 1 is 1.25 bits per heavy atom. The fourth-order valence-electron chi connectivity index (χ4n) is 2.76. The Morgan fingerprint density at radius 3 is 2.80 bits per heavy atom. The van der Waals surface area contributed by atoms with E-state index in [4.69, 9.17) is 0 Å². The lowest BCUT2D eigenvalue weighted by Gasteiger charge is -2.13. The van der Waals surface area contributed by atoms with Crippen molar-refractivity contribution in [2.45, 2.75) is 32.0 Å². The van der Waals surface area contributed by atoms with Crippen LogP contribution in [0.1, 0.15) is 24.4 Å². The summed E-state index contributed by atoms with van der Waals surface area (Å²) < 4.78 is 3.91. The molecule has 0 saturated heterocycles. The van der Waals surface area contributed by atoms with Gasteiger partial charge in [-0.25, -0.2) is 0 Å². The largest absolute Gasteiger partial charge is 0.352 e. The first kappa shape index (κ1) is 13.2. The highest BCUT2D eigenvalue weighted by molar-refractivity contribution is 5.18. The molecule has 1 aliphatic carbocycles. The van der Waals surface area contributed by atoms with Gasteiger partial charge in [-0.05, 0) is 43.5 Å². The maximum absolute atomic E-state index is 11.6. The van der Waals surface area contributed by atoms with Crippen molar-refractivity contribution in [3.8, 4) is 0 Å². The van der Waals surface area contributed by atoms with Crippen LogP contribution < -0.4 is 10.9 Å². The molecule has 106 valence electrons. The second-order valence-electron chi connectivity index (χ2n) is 5.52. The minimum Gasteiger partial charge on any atom is -0.352 e. The lowest BCUT2D eigenvalue weighted by atomic mass is 10.1. The zero-order chi connectivity index (χ0) is 13.9. The highest BCUT2D eigenvalue weighted by Gasteiger charge is 2.31. The zero-order valence-electron chi connectivity index (χ0n) is 11.8. The van der Waals surface area contributed by atoms with E-state index in [1.54, 1.807) is 16.7 Å². The minimum absolute atomic E-state index is 0.0611. The molecule has 1 fully saturated rings. The summed E-state index contributed by atoms with van der Waals surface area (Å²) in [5, 5.41) is 3.41. The molecule has 3 rings (SSSR count). The molecular weight excluding hydrogens is 250 g/mol. The summed E-state index contributed by atoms with van der Waals surface area (Å²) in [6.45, 7) is 1.53. The van der Waals surface area contributed by atoms with Gasteiger partial charge in [0.15, 0.2) is 0 Å². The van der Waals surface area contributed by atoms with Gasteiger partial charge < -0.3 is 14.5 Å². The van der Waals surface area contributed by atoms with Crippen LogP contribution in [0, 0.1) is 5.92 Å². The van der Waals surface area contributed by atoms with Gasteiger partial charge in [0.2, 0.25) is 0 Å². The van der Waals surface area contributed by atoms with Crippen molar-refractivity contribution < 1.29 is 0 Å². The van der Waals surface area contributed by atoms with E-state index in [0.717, 1.165) is 12.5 Å². The fourth-order valence-corrected chi connectivity index (χ4v) is 2.76. The number of nitrogens with one attached hydrogen (secondary N) is 1. The van der Waals surface area contributed by atoms with Gasteiger partial charge in [-0.2, -0.15) is 0 Å². The Labute approximate surface area is 119 Å². The maximum atomic E-state index is 11.6. The third-order valence-electron chi connectivity index (χ3n) is 4.03. The first-order chi connectivity index (χ1) is 9.78. The molecule has 0 aliphatic heterocycles. The van der Waals surface area contributed by atoms with Gasteiger partial charge in [-0.1, -0.05) is 6.07 Å². The van der Waals surface area contributed by atoms with Crippen LogP contribution in [0.4, 0.5) is 0 Å². The number of rotatable bonds is 6. The third kappa shape index (κ3) is 2.85. The van der Waals surface area contributed by atoms with E-state index >= 15 is 0 Å². The van der Waals surface area contributed by atoms with E-state index in [2.05, 4.69) is 28.3 Å². The second kappa shape index (κ2) is 5.67. The molecule has 1 unspecified atom stereocenters. The van der Waals surface area contributed by atoms with Crippen LogP contribution in [-0.4, -0.2) is 16.2 Å². The number of nitrogens with zero attached hydrogens (tertiary/aromatic N) is 2. The molecule has 0 bridgehead atoms. The standard InChI is InChI=1S/C16H21N3O/c1-17-16(13-5-6-13)14-7-9-18(12-14)10-11-19-8-3-2-4-15(19)20/h2-4,7-9,12-13,16-17H,5-6,10-11H2,1H3. The second-order valence-corrected chi connectivity index (χ2v) is 5.52. The molecule has 1 saturated carbocycles. The average Bonchev–Trinajstić information content (AvgIpc) is 3.18. The molecule has 2 aromatic heterocycles. The van der Waals surface area contributed by atoms with Crippen LogP contribution in [0.2, 0.25) is 0 Å². The van der Waals surface area contributed by atoms with E-state index in [0.29, 0.717) is 12.6 Å².